The maximum atomic E-state index is 13.2. The molecule has 1 aromatic rings. The van der Waals surface area contributed by atoms with E-state index in [2.05, 4.69) is 15.3 Å². The third kappa shape index (κ3) is 2.29. The molecule has 0 fully saturated rings. The van der Waals surface area contributed by atoms with E-state index in [1.54, 1.807) is 50.4 Å². The fraction of sp³-hybridized carbons (Fsp3) is 0.316. The minimum atomic E-state index is -3.96. The number of likely N-dealkylation sites (N-methyl/N-ethyl adjacent to an activating group) is 1. The Morgan fingerprint density at radius 2 is 2.11 bits per heavy atom. The van der Waals surface area contributed by atoms with Crippen LogP contribution in [0.25, 0.3) is 0 Å². The number of aryl methyl sites for hydroxylation is 1. The molecule has 0 aromatic carbocycles. The van der Waals surface area contributed by atoms with Gasteiger partial charge in [0, 0.05) is 24.9 Å². The highest BCUT2D eigenvalue weighted by Gasteiger charge is 2.63. The van der Waals surface area contributed by atoms with Gasteiger partial charge in [0.15, 0.2) is 5.70 Å². The van der Waals surface area contributed by atoms with Crippen LogP contribution in [0.5, 0.6) is 0 Å². The quantitative estimate of drug-likeness (QED) is 0.787. The lowest BCUT2D eigenvalue weighted by Gasteiger charge is -2.46. The maximum absolute atomic E-state index is 13.2. The number of anilines is 1. The first-order chi connectivity index (χ1) is 13.2. The minimum Gasteiger partial charge on any atom is -0.509 e. The maximum Gasteiger partial charge on any atom is 0.277 e. The van der Waals surface area contributed by atoms with E-state index in [1.807, 2.05) is 0 Å². The number of aliphatic hydroxyl groups is 1. The highest BCUT2D eigenvalue weighted by molar-refractivity contribution is 7.90. The molecule has 1 amide bonds. The van der Waals surface area contributed by atoms with Gasteiger partial charge in [-0.3, -0.25) is 14.1 Å². The van der Waals surface area contributed by atoms with E-state index in [1.165, 1.54) is 13.1 Å². The fourth-order valence-corrected chi connectivity index (χ4v) is 6.09. The van der Waals surface area contributed by atoms with Gasteiger partial charge in [0.2, 0.25) is 10.0 Å². The van der Waals surface area contributed by atoms with Crippen molar-refractivity contribution in [3.63, 3.8) is 0 Å². The molecule has 1 aliphatic carbocycles. The largest absolute Gasteiger partial charge is 0.509 e. The standard InChI is InChI=1S/C19H20N4O4S/c1-11-10-20-13-7-5-8-14-19(11,13)17(24)16(23(3)28(14,26)27)18(25)22-15-9-4-6-12(2)21-15/h4-11,14,24H,1-3H3,(H,21,22,25). The predicted molar refractivity (Wildman–Crippen MR) is 105 cm³/mol. The Balaban J connectivity index is 1.88. The second kappa shape index (κ2) is 6.03. The lowest BCUT2D eigenvalue weighted by atomic mass is 9.69. The van der Waals surface area contributed by atoms with Crippen molar-refractivity contribution in [2.45, 2.75) is 19.1 Å². The smallest absolute Gasteiger partial charge is 0.277 e. The van der Waals surface area contributed by atoms with Gasteiger partial charge in [0.05, 0.1) is 5.70 Å². The van der Waals surface area contributed by atoms with Crippen molar-refractivity contribution < 1.29 is 18.3 Å². The number of hydrogen-bond acceptors (Lipinski definition) is 6. The molecule has 1 aromatic heterocycles. The first-order valence-electron chi connectivity index (χ1n) is 8.80. The van der Waals surface area contributed by atoms with Crippen molar-refractivity contribution in [2.24, 2.45) is 16.3 Å². The topological polar surface area (TPSA) is 112 Å². The Morgan fingerprint density at radius 1 is 1.36 bits per heavy atom. The number of pyridine rings is 1. The molecule has 2 N–H and O–H groups in total. The zero-order chi connectivity index (χ0) is 20.3. The Kier molecular flexibility index (Phi) is 3.97. The zero-order valence-electron chi connectivity index (χ0n) is 15.6. The van der Waals surface area contributed by atoms with Crippen LogP contribution in [-0.2, 0) is 14.8 Å². The number of sulfonamides is 1. The van der Waals surface area contributed by atoms with E-state index in [0.29, 0.717) is 11.4 Å². The van der Waals surface area contributed by atoms with Crippen LogP contribution in [0, 0.1) is 18.3 Å². The lowest BCUT2D eigenvalue weighted by Crippen LogP contribution is -2.56. The van der Waals surface area contributed by atoms with E-state index >= 15 is 0 Å². The molecule has 146 valence electrons. The summed E-state index contributed by atoms with van der Waals surface area (Å²) in [5.41, 5.74) is -0.509. The average Bonchev–Trinajstić information content (AvgIpc) is 2.98. The van der Waals surface area contributed by atoms with Crippen molar-refractivity contribution in [3.05, 3.63) is 59.3 Å². The summed E-state index contributed by atoms with van der Waals surface area (Å²) in [4.78, 5) is 21.5. The third-order valence-corrected chi connectivity index (χ3v) is 7.66. The van der Waals surface area contributed by atoms with Crippen LogP contribution in [0.3, 0.4) is 0 Å². The number of nitrogens with zero attached hydrogens (tertiary/aromatic N) is 3. The summed E-state index contributed by atoms with van der Waals surface area (Å²) in [7, 11) is -2.69. The number of aliphatic imine (C=N–C) groups is 1. The number of hydrogen-bond donors (Lipinski definition) is 2. The van der Waals surface area contributed by atoms with Crippen LogP contribution in [-0.4, -0.2) is 47.2 Å². The van der Waals surface area contributed by atoms with Crippen LogP contribution in [0.1, 0.15) is 12.6 Å². The molecule has 3 atom stereocenters. The van der Waals surface area contributed by atoms with Gasteiger partial charge >= 0.3 is 0 Å². The normalized spacial score (nSPS) is 30.0. The van der Waals surface area contributed by atoms with Crippen molar-refractivity contribution in [1.29, 1.82) is 0 Å². The van der Waals surface area contributed by atoms with Gasteiger partial charge in [-0.15, -0.1) is 0 Å². The highest BCUT2D eigenvalue weighted by Crippen LogP contribution is 2.56. The summed E-state index contributed by atoms with van der Waals surface area (Å²) < 4.78 is 27.3. The van der Waals surface area contributed by atoms with Gasteiger partial charge in [0.1, 0.15) is 22.2 Å². The van der Waals surface area contributed by atoms with Gasteiger partial charge in [-0.1, -0.05) is 25.1 Å². The summed E-state index contributed by atoms with van der Waals surface area (Å²) >= 11 is 0. The third-order valence-electron chi connectivity index (χ3n) is 5.55. The van der Waals surface area contributed by atoms with Gasteiger partial charge in [-0.05, 0) is 25.1 Å². The zero-order valence-corrected chi connectivity index (χ0v) is 16.4. The molecule has 3 heterocycles. The number of carbonyl (C=O) groups is 1. The van der Waals surface area contributed by atoms with Crippen LogP contribution in [0.15, 0.2) is 58.6 Å². The Hall–Kier alpha value is -2.94. The Morgan fingerprint density at radius 3 is 2.82 bits per heavy atom. The molecule has 0 radical (unpaired) electrons. The van der Waals surface area contributed by atoms with Crippen molar-refractivity contribution in [2.75, 3.05) is 12.4 Å². The number of allylic oxidation sites excluding steroid dienone is 2. The first kappa shape index (κ1) is 18.4. The molecule has 0 saturated heterocycles. The molecular weight excluding hydrogens is 380 g/mol. The van der Waals surface area contributed by atoms with E-state index < -0.39 is 32.5 Å². The van der Waals surface area contributed by atoms with E-state index in [-0.39, 0.29) is 17.3 Å². The van der Waals surface area contributed by atoms with E-state index in [0.717, 1.165) is 4.31 Å². The first-order valence-corrected chi connectivity index (χ1v) is 10.3. The Labute approximate surface area is 163 Å². The number of aromatic nitrogens is 1. The van der Waals surface area contributed by atoms with Gasteiger partial charge in [-0.25, -0.2) is 13.4 Å². The lowest BCUT2D eigenvalue weighted by molar-refractivity contribution is -0.114. The summed E-state index contributed by atoms with van der Waals surface area (Å²) in [5, 5.41) is 12.8. The van der Waals surface area contributed by atoms with Crippen LogP contribution in [0.2, 0.25) is 0 Å². The molecule has 3 unspecified atom stereocenters. The molecule has 0 bridgehead atoms. The van der Waals surface area contributed by atoms with E-state index in [4.69, 9.17) is 0 Å². The molecule has 8 nitrogen and oxygen atoms in total. The summed E-state index contributed by atoms with van der Waals surface area (Å²) in [5.74, 6) is -1.19. The molecule has 1 spiro atoms. The Bertz CT molecular complexity index is 1100. The van der Waals surface area contributed by atoms with Gasteiger partial charge < -0.3 is 10.4 Å². The molecule has 0 saturated carbocycles. The van der Waals surface area contributed by atoms with Gasteiger partial charge in [-0.2, -0.15) is 0 Å². The number of amides is 1. The second-order valence-corrected chi connectivity index (χ2v) is 9.21. The molecule has 4 rings (SSSR count). The molecule has 3 aliphatic rings. The molecular formula is C19H20N4O4S. The van der Waals surface area contributed by atoms with Crippen molar-refractivity contribution in [1.82, 2.24) is 9.29 Å². The van der Waals surface area contributed by atoms with Crippen LogP contribution in [0.4, 0.5) is 5.82 Å². The minimum absolute atomic E-state index is 0.269. The predicted octanol–water partition coefficient (Wildman–Crippen LogP) is 1.90. The SMILES string of the molecule is Cc1cccc(NC(=O)C2=C(O)C34C(=CC=CC3S(=O)(=O)N2C)N=CC4C)n1. The number of rotatable bonds is 2. The van der Waals surface area contributed by atoms with Crippen LogP contribution < -0.4 is 5.32 Å². The summed E-state index contributed by atoms with van der Waals surface area (Å²) in [6.07, 6.45) is 6.44. The monoisotopic (exact) mass is 400 g/mol. The van der Waals surface area contributed by atoms with E-state index in [9.17, 15) is 18.3 Å². The van der Waals surface area contributed by atoms with Crippen molar-refractivity contribution in [3.8, 4) is 0 Å². The second-order valence-electron chi connectivity index (χ2n) is 7.12. The molecule has 28 heavy (non-hydrogen) atoms. The number of carbonyl (C=O) groups excluding carboxylic acids is 1. The summed E-state index contributed by atoms with van der Waals surface area (Å²) in [6.45, 7) is 3.56. The van der Waals surface area contributed by atoms with Crippen LogP contribution >= 0.6 is 0 Å². The molecule has 2 aliphatic heterocycles. The summed E-state index contributed by atoms with van der Waals surface area (Å²) in [6, 6.07) is 5.09. The number of aliphatic hydroxyl groups excluding tert-OH is 1. The molecule has 9 heteroatoms. The average molecular weight is 400 g/mol. The highest BCUT2D eigenvalue weighted by atomic mass is 32.2. The fourth-order valence-electron chi connectivity index (χ4n) is 4.12. The van der Waals surface area contributed by atoms with Crippen molar-refractivity contribution >= 4 is 28.0 Å². The van der Waals surface area contributed by atoms with Gasteiger partial charge in [0.25, 0.3) is 5.91 Å². The number of nitrogens with one attached hydrogen (secondary N) is 1.